The van der Waals surface area contributed by atoms with E-state index in [2.05, 4.69) is 5.32 Å². The number of benzene rings is 2. The minimum Gasteiger partial charge on any atom is -0.483 e. The smallest absolute Gasteiger partial charge is 0.258 e. The molecule has 0 fully saturated rings. The predicted octanol–water partition coefficient (Wildman–Crippen LogP) is 2.49. The highest BCUT2D eigenvalue weighted by Gasteiger charge is 2.18. The lowest BCUT2D eigenvalue weighted by Crippen LogP contribution is -2.50. The number of hydrogen-bond acceptors (Lipinski definition) is 3. The SMILES string of the molecule is CC(C)(CN)NC(=O)COc1cccc2ccccc12.Cl. The van der Waals surface area contributed by atoms with Crippen LogP contribution in [0, 0.1) is 0 Å². The summed E-state index contributed by atoms with van der Waals surface area (Å²) < 4.78 is 5.62. The van der Waals surface area contributed by atoms with E-state index in [1.165, 1.54) is 0 Å². The first-order chi connectivity index (χ1) is 9.52. The number of nitrogens with one attached hydrogen (secondary N) is 1. The third-order valence-corrected chi connectivity index (χ3v) is 3.10. The molecule has 0 aliphatic heterocycles. The van der Waals surface area contributed by atoms with E-state index < -0.39 is 5.54 Å². The molecule has 4 nitrogen and oxygen atoms in total. The lowest BCUT2D eigenvalue weighted by atomic mass is 10.1. The van der Waals surface area contributed by atoms with Crippen molar-refractivity contribution in [3.63, 3.8) is 0 Å². The summed E-state index contributed by atoms with van der Waals surface area (Å²) in [7, 11) is 0. The van der Waals surface area contributed by atoms with Crippen LogP contribution >= 0.6 is 12.4 Å². The lowest BCUT2D eigenvalue weighted by molar-refractivity contribution is -0.124. The minimum absolute atomic E-state index is 0. The quantitative estimate of drug-likeness (QED) is 0.892. The Kier molecular flexibility index (Phi) is 6.00. The standard InChI is InChI=1S/C16H20N2O2.ClH/c1-16(2,11-17)18-15(19)10-20-14-9-5-7-12-6-3-4-8-13(12)14;/h3-9H,10-11,17H2,1-2H3,(H,18,19);1H. The predicted molar refractivity (Wildman–Crippen MR) is 88.0 cm³/mol. The zero-order valence-corrected chi connectivity index (χ0v) is 13.1. The molecule has 0 saturated carbocycles. The maximum Gasteiger partial charge on any atom is 0.258 e. The van der Waals surface area contributed by atoms with Crippen molar-refractivity contribution in [2.75, 3.05) is 13.2 Å². The van der Waals surface area contributed by atoms with Gasteiger partial charge in [0.1, 0.15) is 5.75 Å². The van der Waals surface area contributed by atoms with Gasteiger partial charge in [0.2, 0.25) is 0 Å². The Morgan fingerprint density at radius 1 is 1.19 bits per heavy atom. The molecule has 0 radical (unpaired) electrons. The molecule has 3 N–H and O–H groups in total. The van der Waals surface area contributed by atoms with Crippen LogP contribution in [-0.4, -0.2) is 24.6 Å². The molecule has 114 valence electrons. The minimum atomic E-state index is -0.417. The number of hydrogen-bond donors (Lipinski definition) is 2. The average molecular weight is 309 g/mol. The molecule has 0 heterocycles. The van der Waals surface area contributed by atoms with Crippen LogP contribution in [0.5, 0.6) is 5.75 Å². The fourth-order valence-electron chi connectivity index (χ4n) is 1.93. The largest absolute Gasteiger partial charge is 0.483 e. The van der Waals surface area contributed by atoms with E-state index in [1.807, 2.05) is 56.3 Å². The van der Waals surface area contributed by atoms with Gasteiger partial charge in [-0.3, -0.25) is 4.79 Å². The molecule has 5 heteroatoms. The summed E-state index contributed by atoms with van der Waals surface area (Å²) in [6.07, 6.45) is 0. The molecule has 2 rings (SSSR count). The third kappa shape index (κ3) is 4.62. The topological polar surface area (TPSA) is 64.3 Å². The number of fused-ring (bicyclic) bond motifs is 1. The van der Waals surface area contributed by atoms with Gasteiger partial charge in [-0.2, -0.15) is 0 Å². The molecule has 0 aliphatic rings. The van der Waals surface area contributed by atoms with Gasteiger partial charge in [0.05, 0.1) is 0 Å². The number of halogens is 1. The van der Waals surface area contributed by atoms with E-state index >= 15 is 0 Å². The lowest BCUT2D eigenvalue weighted by Gasteiger charge is -2.24. The van der Waals surface area contributed by atoms with Crippen molar-refractivity contribution < 1.29 is 9.53 Å². The van der Waals surface area contributed by atoms with Crippen molar-refractivity contribution in [1.29, 1.82) is 0 Å². The van der Waals surface area contributed by atoms with Gasteiger partial charge in [-0.1, -0.05) is 36.4 Å². The second-order valence-corrected chi connectivity index (χ2v) is 5.40. The van der Waals surface area contributed by atoms with Gasteiger partial charge in [-0.25, -0.2) is 0 Å². The summed E-state index contributed by atoms with van der Waals surface area (Å²) in [5.74, 6) is 0.539. The first kappa shape index (κ1) is 17.3. The van der Waals surface area contributed by atoms with E-state index in [0.717, 1.165) is 10.8 Å². The Balaban J connectivity index is 0.00000220. The number of amides is 1. The summed E-state index contributed by atoms with van der Waals surface area (Å²) in [4.78, 5) is 11.8. The summed E-state index contributed by atoms with van der Waals surface area (Å²) in [5, 5.41) is 4.93. The Hall–Kier alpha value is -1.78. The fourth-order valence-corrected chi connectivity index (χ4v) is 1.93. The zero-order chi connectivity index (χ0) is 14.6. The summed E-state index contributed by atoms with van der Waals surface area (Å²) in [6.45, 7) is 4.12. The highest BCUT2D eigenvalue weighted by molar-refractivity contribution is 5.88. The van der Waals surface area contributed by atoms with Gasteiger partial charge >= 0.3 is 0 Å². The van der Waals surface area contributed by atoms with E-state index in [-0.39, 0.29) is 24.9 Å². The molecule has 1 amide bonds. The van der Waals surface area contributed by atoms with Crippen LogP contribution in [0.2, 0.25) is 0 Å². The van der Waals surface area contributed by atoms with Crippen LogP contribution < -0.4 is 15.8 Å². The summed E-state index contributed by atoms with van der Waals surface area (Å²) in [5.41, 5.74) is 5.16. The van der Waals surface area contributed by atoms with Crippen LogP contribution in [0.25, 0.3) is 10.8 Å². The molecule has 0 spiro atoms. The van der Waals surface area contributed by atoms with Crippen molar-refractivity contribution in [3.8, 4) is 5.75 Å². The highest BCUT2D eigenvalue weighted by Crippen LogP contribution is 2.24. The zero-order valence-electron chi connectivity index (χ0n) is 12.3. The van der Waals surface area contributed by atoms with Gasteiger partial charge in [-0.05, 0) is 25.3 Å². The summed E-state index contributed by atoms with van der Waals surface area (Å²) >= 11 is 0. The second kappa shape index (κ2) is 7.29. The first-order valence-electron chi connectivity index (χ1n) is 6.63. The van der Waals surface area contributed by atoms with E-state index in [9.17, 15) is 4.79 Å². The molecular formula is C16H21ClN2O2. The van der Waals surface area contributed by atoms with E-state index in [0.29, 0.717) is 12.3 Å². The van der Waals surface area contributed by atoms with Crippen LogP contribution in [0.3, 0.4) is 0 Å². The normalized spacial score (nSPS) is 10.8. The molecule has 0 saturated heterocycles. The van der Waals surface area contributed by atoms with Crippen molar-refractivity contribution in [2.45, 2.75) is 19.4 Å². The van der Waals surface area contributed by atoms with E-state index in [1.54, 1.807) is 0 Å². The number of carbonyl (C=O) groups is 1. The van der Waals surface area contributed by atoms with Gasteiger partial charge in [0, 0.05) is 17.5 Å². The highest BCUT2D eigenvalue weighted by atomic mass is 35.5. The monoisotopic (exact) mass is 308 g/mol. The molecule has 0 aliphatic carbocycles. The number of ether oxygens (including phenoxy) is 1. The Morgan fingerprint density at radius 2 is 1.86 bits per heavy atom. The Labute approximate surface area is 131 Å². The van der Waals surface area contributed by atoms with Crippen molar-refractivity contribution in [2.24, 2.45) is 5.73 Å². The first-order valence-corrected chi connectivity index (χ1v) is 6.63. The fraction of sp³-hybridized carbons (Fsp3) is 0.312. The van der Waals surface area contributed by atoms with Crippen molar-refractivity contribution in [1.82, 2.24) is 5.32 Å². The second-order valence-electron chi connectivity index (χ2n) is 5.40. The molecular weight excluding hydrogens is 288 g/mol. The van der Waals surface area contributed by atoms with Crippen LogP contribution in [0.4, 0.5) is 0 Å². The van der Waals surface area contributed by atoms with Gasteiger partial charge < -0.3 is 15.8 Å². The third-order valence-electron chi connectivity index (χ3n) is 3.10. The van der Waals surface area contributed by atoms with Crippen molar-refractivity contribution >= 4 is 29.1 Å². The number of rotatable bonds is 5. The maximum absolute atomic E-state index is 11.8. The van der Waals surface area contributed by atoms with Crippen LogP contribution in [0.1, 0.15) is 13.8 Å². The van der Waals surface area contributed by atoms with Crippen LogP contribution in [0.15, 0.2) is 42.5 Å². The molecule has 0 atom stereocenters. The van der Waals surface area contributed by atoms with E-state index in [4.69, 9.17) is 10.5 Å². The molecule has 0 bridgehead atoms. The Bertz CT molecular complexity index is 609. The van der Waals surface area contributed by atoms with Crippen LogP contribution in [-0.2, 0) is 4.79 Å². The van der Waals surface area contributed by atoms with Gasteiger partial charge in [0.15, 0.2) is 6.61 Å². The maximum atomic E-state index is 11.8. The van der Waals surface area contributed by atoms with Gasteiger partial charge in [-0.15, -0.1) is 12.4 Å². The average Bonchev–Trinajstić information content (AvgIpc) is 2.44. The Morgan fingerprint density at radius 3 is 2.57 bits per heavy atom. The van der Waals surface area contributed by atoms with Crippen molar-refractivity contribution in [3.05, 3.63) is 42.5 Å². The summed E-state index contributed by atoms with van der Waals surface area (Å²) in [6, 6.07) is 13.7. The molecule has 0 aromatic heterocycles. The number of nitrogens with two attached hydrogens (primary N) is 1. The van der Waals surface area contributed by atoms with Gasteiger partial charge in [0.25, 0.3) is 5.91 Å². The number of carbonyl (C=O) groups excluding carboxylic acids is 1. The molecule has 2 aromatic carbocycles. The molecule has 2 aromatic rings. The molecule has 21 heavy (non-hydrogen) atoms. The molecule has 0 unspecified atom stereocenters.